The summed E-state index contributed by atoms with van der Waals surface area (Å²) in [6.07, 6.45) is 7.20. The molecule has 108 valence electrons. The van der Waals surface area contributed by atoms with Gasteiger partial charge in [0.2, 0.25) is 0 Å². The molecule has 1 unspecified atom stereocenters. The molecule has 0 amide bonds. The molecule has 0 spiro atoms. The summed E-state index contributed by atoms with van der Waals surface area (Å²) < 4.78 is 5.57. The van der Waals surface area contributed by atoms with E-state index in [1.165, 1.54) is 38.5 Å². The van der Waals surface area contributed by atoms with Gasteiger partial charge in [-0.3, -0.25) is 0 Å². The number of hydrogen-bond acceptors (Lipinski definition) is 3. The third-order valence-corrected chi connectivity index (χ3v) is 5.36. The van der Waals surface area contributed by atoms with E-state index in [1.807, 2.05) is 0 Å². The molecule has 0 aromatic carbocycles. The van der Waals surface area contributed by atoms with Gasteiger partial charge in [-0.05, 0) is 56.3 Å². The Hall–Kier alpha value is -1.25. The topological polar surface area (TPSA) is 50.4 Å². The fraction of sp³-hybridized carbons (Fsp3) is 0.706. The van der Waals surface area contributed by atoms with E-state index in [9.17, 15) is 9.90 Å². The van der Waals surface area contributed by atoms with Crippen LogP contribution in [-0.2, 0) is 0 Å². The third-order valence-electron chi connectivity index (χ3n) is 5.36. The van der Waals surface area contributed by atoms with Gasteiger partial charge in [-0.2, -0.15) is 0 Å². The molecule has 1 aromatic rings. The maximum atomic E-state index is 12.4. The van der Waals surface area contributed by atoms with Gasteiger partial charge in [0.1, 0.15) is 11.5 Å². The summed E-state index contributed by atoms with van der Waals surface area (Å²) in [7, 11) is 0. The van der Waals surface area contributed by atoms with Gasteiger partial charge < -0.3 is 9.52 Å². The van der Waals surface area contributed by atoms with E-state index in [-0.39, 0.29) is 23.2 Å². The minimum absolute atomic E-state index is 0.188. The largest absolute Gasteiger partial charge is 0.507 e. The van der Waals surface area contributed by atoms with Crippen molar-refractivity contribution in [1.82, 2.24) is 0 Å². The van der Waals surface area contributed by atoms with Crippen molar-refractivity contribution in [3.63, 3.8) is 0 Å². The fourth-order valence-electron chi connectivity index (χ4n) is 3.64. The molecule has 3 heteroatoms. The van der Waals surface area contributed by atoms with Crippen LogP contribution in [0.1, 0.15) is 68.6 Å². The van der Waals surface area contributed by atoms with Crippen LogP contribution in [0.4, 0.5) is 0 Å². The minimum atomic E-state index is -0.281. The Bertz CT molecular complexity index is 564. The summed E-state index contributed by atoms with van der Waals surface area (Å²) in [6, 6.07) is 1.72. The lowest BCUT2D eigenvalue weighted by atomic mass is 9.89. The van der Waals surface area contributed by atoms with E-state index in [0.717, 1.165) is 0 Å². The van der Waals surface area contributed by atoms with E-state index in [1.54, 1.807) is 6.07 Å². The second kappa shape index (κ2) is 4.37. The zero-order chi connectivity index (χ0) is 13.9. The van der Waals surface area contributed by atoms with Crippen LogP contribution in [0.5, 0.6) is 5.75 Å². The first-order chi connectivity index (χ1) is 9.65. The molecular formula is C17H22O3. The van der Waals surface area contributed by atoms with Crippen molar-refractivity contribution in [3.8, 4) is 5.75 Å². The molecule has 1 heterocycles. The van der Waals surface area contributed by atoms with E-state index >= 15 is 0 Å². The summed E-state index contributed by atoms with van der Waals surface area (Å²) in [6.45, 7) is 2.09. The van der Waals surface area contributed by atoms with Gasteiger partial charge in [-0.15, -0.1) is 0 Å². The van der Waals surface area contributed by atoms with Crippen LogP contribution in [0, 0.1) is 17.8 Å². The Balaban J connectivity index is 1.70. The molecular weight excluding hydrogens is 252 g/mol. The second-order valence-electron chi connectivity index (χ2n) is 7.06. The Labute approximate surface area is 119 Å². The Morgan fingerprint density at radius 3 is 2.10 bits per heavy atom. The van der Waals surface area contributed by atoms with Crippen molar-refractivity contribution in [2.45, 2.75) is 57.3 Å². The lowest BCUT2D eigenvalue weighted by molar-refractivity contribution is 0.368. The predicted molar refractivity (Wildman–Crippen MR) is 76.0 cm³/mol. The standard InChI is InChI=1S/C17H22O3/c1-9(10-2-3-10)14-8-13(18)16(17(19)20-14)15(11-4-5-11)12-6-7-12/h8-12,15,18H,2-7H2,1H3. The maximum absolute atomic E-state index is 12.4. The third kappa shape index (κ3) is 2.17. The molecule has 20 heavy (non-hydrogen) atoms. The molecule has 0 bridgehead atoms. The molecule has 1 N–H and O–H groups in total. The number of hydrogen-bond donors (Lipinski definition) is 1. The maximum Gasteiger partial charge on any atom is 0.343 e. The highest BCUT2D eigenvalue weighted by atomic mass is 16.4. The molecule has 0 saturated heterocycles. The smallest absolute Gasteiger partial charge is 0.343 e. The average molecular weight is 274 g/mol. The summed E-state index contributed by atoms with van der Waals surface area (Å²) >= 11 is 0. The lowest BCUT2D eigenvalue weighted by Crippen LogP contribution is -2.17. The zero-order valence-electron chi connectivity index (χ0n) is 12.0. The van der Waals surface area contributed by atoms with E-state index < -0.39 is 0 Å². The van der Waals surface area contributed by atoms with Crippen LogP contribution in [0.2, 0.25) is 0 Å². The van der Waals surface area contributed by atoms with Crippen LogP contribution < -0.4 is 5.63 Å². The van der Waals surface area contributed by atoms with E-state index in [4.69, 9.17) is 4.42 Å². The van der Waals surface area contributed by atoms with Crippen LogP contribution in [-0.4, -0.2) is 5.11 Å². The summed E-state index contributed by atoms with van der Waals surface area (Å²) in [5.41, 5.74) is 0.290. The van der Waals surface area contributed by atoms with Crippen LogP contribution >= 0.6 is 0 Å². The molecule has 0 aliphatic heterocycles. The van der Waals surface area contributed by atoms with Gasteiger partial charge in [0.15, 0.2) is 0 Å². The first-order valence-corrected chi connectivity index (χ1v) is 8.02. The predicted octanol–water partition coefficient (Wildman–Crippen LogP) is 3.76. The van der Waals surface area contributed by atoms with E-state index in [0.29, 0.717) is 29.1 Å². The highest BCUT2D eigenvalue weighted by molar-refractivity contribution is 5.36. The van der Waals surface area contributed by atoms with Crippen LogP contribution in [0.25, 0.3) is 0 Å². The molecule has 3 aliphatic carbocycles. The second-order valence-corrected chi connectivity index (χ2v) is 7.06. The van der Waals surface area contributed by atoms with Gasteiger partial charge in [0, 0.05) is 17.9 Å². The van der Waals surface area contributed by atoms with Crippen LogP contribution in [0.15, 0.2) is 15.3 Å². The molecule has 3 fully saturated rings. The number of rotatable bonds is 5. The summed E-state index contributed by atoms with van der Waals surface area (Å²) in [5.74, 6) is 3.19. The fourth-order valence-corrected chi connectivity index (χ4v) is 3.64. The molecule has 3 aliphatic rings. The van der Waals surface area contributed by atoms with Crippen molar-refractivity contribution in [3.05, 3.63) is 27.8 Å². The summed E-state index contributed by atoms with van der Waals surface area (Å²) in [5, 5.41) is 10.4. The van der Waals surface area contributed by atoms with Gasteiger partial charge in [-0.25, -0.2) is 4.79 Å². The van der Waals surface area contributed by atoms with Gasteiger partial charge in [0.05, 0.1) is 5.56 Å². The average Bonchev–Trinajstić information content (AvgIpc) is 3.30. The quantitative estimate of drug-likeness (QED) is 0.889. The van der Waals surface area contributed by atoms with Crippen molar-refractivity contribution < 1.29 is 9.52 Å². The first kappa shape index (κ1) is 12.5. The Kier molecular flexibility index (Phi) is 2.73. The van der Waals surface area contributed by atoms with E-state index in [2.05, 4.69) is 6.92 Å². The normalized spacial score (nSPS) is 24.1. The monoisotopic (exact) mass is 274 g/mol. The van der Waals surface area contributed by atoms with Gasteiger partial charge in [0.25, 0.3) is 0 Å². The molecule has 3 saturated carbocycles. The molecule has 4 rings (SSSR count). The van der Waals surface area contributed by atoms with Crippen LogP contribution in [0.3, 0.4) is 0 Å². The van der Waals surface area contributed by atoms with Crippen molar-refractivity contribution in [1.29, 1.82) is 0 Å². The lowest BCUT2D eigenvalue weighted by Gasteiger charge is -2.17. The highest BCUT2D eigenvalue weighted by Crippen LogP contribution is 2.55. The van der Waals surface area contributed by atoms with Crippen molar-refractivity contribution in [2.75, 3.05) is 0 Å². The van der Waals surface area contributed by atoms with Crippen molar-refractivity contribution in [2.24, 2.45) is 17.8 Å². The molecule has 0 radical (unpaired) electrons. The molecule has 3 nitrogen and oxygen atoms in total. The summed E-state index contributed by atoms with van der Waals surface area (Å²) in [4.78, 5) is 12.4. The molecule has 1 atom stereocenters. The molecule has 1 aromatic heterocycles. The Morgan fingerprint density at radius 2 is 1.65 bits per heavy atom. The highest BCUT2D eigenvalue weighted by Gasteiger charge is 2.45. The van der Waals surface area contributed by atoms with Crippen molar-refractivity contribution >= 4 is 0 Å². The zero-order valence-corrected chi connectivity index (χ0v) is 12.0. The van der Waals surface area contributed by atoms with Gasteiger partial charge >= 0.3 is 5.63 Å². The Morgan fingerprint density at radius 1 is 1.10 bits per heavy atom. The first-order valence-electron chi connectivity index (χ1n) is 8.02. The SMILES string of the molecule is CC(c1cc(O)c(C(C2CC2)C2CC2)c(=O)o1)C1CC1. The van der Waals surface area contributed by atoms with Gasteiger partial charge in [-0.1, -0.05) is 6.92 Å². The number of aromatic hydroxyl groups is 1. The minimum Gasteiger partial charge on any atom is -0.507 e.